The molecule has 0 radical (unpaired) electrons. The summed E-state index contributed by atoms with van der Waals surface area (Å²) in [5.41, 5.74) is 0. The van der Waals surface area contributed by atoms with Crippen LogP contribution in [0.4, 0.5) is 0 Å². The normalized spacial score (nSPS) is 15.0. The van der Waals surface area contributed by atoms with Gasteiger partial charge < -0.3 is 28.8 Å². The molecule has 0 saturated carbocycles. The molecule has 9 heteroatoms. The largest absolute Gasteiger partial charge is 0.756 e. The summed E-state index contributed by atoms with van der Waals surface area (Å²) in [5, 5.41) is 13.8. The standard InChI is InChI=1S/C45H91N2O6P/c1-7-9-10-11-12-13-14-15-16-17-18-19-20-21-22-23-24-29-32-35-38-45(49)46-43(41-53-54(50,51)52-40-39-47(4,5)6)44(48)37-34-31-28-26-25-27-30-33-36-42(3)8-2/h34,37,42-44,48H,7-33,35-36,38-41H2,1-6H3,(H-,46,49,50,51)/b37-34+/t42?,43-,44+/m0/s1. The molecule has 2 N–H and O–H groups in total. The van der Waals surface area contributed by atoms with Gasteiger partial charge in [0.2, 0.25) is 5.91 Å². The highest BCUT2D eigenvalue weighted by molar-refractivity contribution is 7.45. The van der Waals surface area contributed by atoms with Crippen LogP contribution < -0.4 is 10.2 Å². The summed E-state index contributed by atoms with van der Waals surface area (Å²) in [6, 6.07) is -0.881. The molecule has 4 atom stereocenters. The van der Waals surface area contributed by atoms with E-state index >= 15 is 0 Å². The van der Waals surface area contributed by atoms with Crippen LogP contribution in [0.15, 0.2) is 12.2 Å². The van der Waals surface area contributed by atoms with Crippen molar-refractivity contribution >= 4 is 13.7 Å². The Morgan fingerprint density at radius 3 is 1.61 bits per heavy atom. The Labute approximate surface area is 335 Å². The predicted octanol–water partition coefficient (Wildman–Crippen LogP) is 12.0. The molecular weight excluding hydrogens is 695 g/mol. The molecule has 0 heterocycles. The van der Waals surface area contributed by atoms with E-state index in [0.717, 1.165) is 44.4 Å². The molecule has 8 nitrogen and oxygen atoms in total. The van der Waals surface area contributed by atoms with E-state index in [1.807, 2.05) is 27.2 Å². The first kappa shape index (κ1) is 53.2. The number of aliphatic hydroxyl groups is 1. The van der Waals surface area contributed by atoms with Gasteiger partial charge in [0, 0.05) is 6.42 Å². The van der Waals surface area contributed by atoms with Gasteiger partial charge in [-0.3, -0.25) is 9.36 Å². The number of allylic oxidation sites excluding steroid dienone is 1. The fraction of sp³-hybridized carbons (Fsp3) is 0.933. The van der Waals surface area contributed by atoms with E-state index in [1.165, 1.54) is 148 Å². The molecule has 322 valence electrons. The van der Waals surface area contributed by atoms with Crippen LogP contribution in [-0.2, 0) is 18.4 Å². The maximum atomic E-state index is 12.9. The number of hydrogen-bond acceptors (Lipinski definition) is 6. The number of likely N-dealkylation sites (N-methyl/N-ethyl adjacent to an activating group) is 1. The minimum atomic E-state index is -4.58. The van der Waals surface area contributed by atoms with Gasteiger partial charge in [-0.1, -0.05) is 200 Å². The first-order valence-corrected chi connectivity index (χ1v) is 24.4. The fourth-order valence-electron chi connectivity index (χ4n) is 6.72. The van der Waals surface area contributed by atoms with Crippen molar-refractivity contribution in [2.24, 2.45) is 5.92 Å². The van der Waals surface area contributed by atoms with E-state index < -0.39 is 20.0 Å². The first-order valence-electron chi connectivity index (χ1n) is 22.9. The Hall–Kier alpha value is -0.760. The van der Waals surface area contributed by atoms with Crippen molar-refractivity contribution in [2.75, 3.05) is 40.9 Å². The third-order valence-electron chi connectivity index (χ3n) is 10.8. The van der Waals surface area contributed by atoms with Gasteiger partial charge in [-0.15, -0.1) is 0 Å². The van der Waals surface area contributed by atoms with Gasteiger partial charge >= 0.3 is 0 Å². The molecule has 0 aromatic carbocycles. The van der Waals surface area contributed by atoms with Gasteiger partial charge in [0.15, 0.2) is 0 Å². The molecule has 0 aromatic heterocycles. The molecule has 0 fully saturated rings. The van der Waals surface area contributed by atoms with Gasteiger partial charge in [-0.05, 0) is 25.2 Å². The highest BCUT2D eigenvalue weighted by atomic mass is 31.2. The van der Waals surface area contributed by atoms with Gasteiger partial charge in [-0.2, -0.15) is 0 Å². The zero-order chi connectivity index (χ0) is 40.2. The van der Waals surface area contributed by atoms with E-state index in [4.69, 9.17) is 9.05 Å². The molecule has 0 spiro atoms. The number of nitrogens with one attached hydrogen (secondary N) is 1. The maximum Gasteiger partial charge on any atom is 0.268 e. The zero-order valence-corrected chi connectivity index (χ0v) is 37.5. The minimum Gasteiger partial charge on any atom is -0.756 e. The van der Waals surface area contributed by atoms with Crippen molar-refractivity contribution in [2.45, 2.75) is 226 Å². The average molecular weight is 787 g/mol. The van der Waals surface area contributed by atoms with Gasteiger partial charge in [0.25, 0.3) is 7.82 Å². The maximum absolute atomic E-state index is 12.9. The van der Waals surface area contributed by atoms with E-state index in [9.17, 15) is 19.4 Å². The van der Waals surface area contributed by atoms with Crippen molar-refractivity contribution in [3.63, 3.8) is 0 Å². The second-order valence-corrected chi connectivity index (χ2v) is 18.8. The lowest BCUT2D eigenvalue weighted by atomic mass is 10.00. The van der Waals surface area contributed by atoms with E-state index in [1.54, 1.807) is 6.08 Å². The number of quaternary nitrogens is 1. The Bertz CT molecular complexity index is 911. The molecule has 0 aromatic rings. The summed E-state index contributed by atoms with van der Waals surface area (Å²) in [6.07, 6.45) is 39.7. The number of carbonyl (C=O) groups is 1. The molecule has 0 saturated heterocycles. The SMILES string of the molecule is CCCCCCCCCCCCCCCCCCCCCCC(=O)N[C@@H](COP(=O)([O-])OCC[N+](C)(C)C)[C@H](O)/C=C/CCCCCCCCC(C)CC. The second-order valence-electron chi connectivity index (χ2n) is 17.4. The van der Waals surface area contributed by atoms with Crippen LogP contribution in [0, 0.1) is 5.92 Å². The lowest BCUT2D eigenvalue weighted by Crippen LogP contribution is -2.45. The lowest BCUT2D eigenvalue weighted by molar-refractivity contribution is -0.870. The summed E-state index contributed by atoms with van der Waals surface area (Å²) < 4.78 is 23.2. The smallest absolute Gasteiger partial charge is 0.268 e. The van der Waals surface area contributed by atoms with Crippen LogP contribution in [0.3, 0.4) is 0 Å². The van der Waals surface area contributed by atoms with E-state index in [2.05, 4.69) is 26.1 Å². The number of phosphoric ester groups is 1. The van der Waals surface area contributed by atoms with Gasteiger partial charge in [0.05, 0.1) is 39.9 Å². The third-order valence-corrected chi connectivity index (χ3v) is 11.8. The van der Waals surface area contributed by atoms with Crippen molar-refractivity contribution < 1.29 is 32.9 Å². The van der Waals surface area contributed by atoms with Crippen molar-refractivity contribution in [3.05, 3.63) is 12.2 Å². The number of phosphoric acid groups is 1. The molecule has 0 rings (SSSR count). The third kappa shape index (κ3) is 38.1. The number of nitrogens with zero attached hydrogens (tertiary/aromatic N) is 1. The molecule has 0 bridgehead atoms. The number of amides is 1. The second kappa shape index (κ2) is 36.6. The van der Waals surface area contributed by atoms with Crippen LogP contribution >= 0.6 is 7.82 Å². The first-order chi connectivity index (χ1) is 25.9. The summed E-state index contributed by atoms with van der Waals surface area (Å²) in [6.45, 7) is 6.99. The lowest BCUT2D eigenvalue weighted by Gasteiger charge is -2.29. The monoisotopic (exact) mass is 787 g/mol. The van der Waals surface area contributed by atoms with Crippen molar-refractivity contribution in [1.29, 1.82) is 0 Å². The fourth-order valence-corrected chi connectivity index (χ4v) is 7.44. The molecular formula is C45H91N2O6P. The van der Waals surface area contributed by atoms with Crippen LogP contribution in [0.25, 0.3) is 0 Å². The number of unbranched alkanes of at least 4 members (excludes halogenated alkanes) is 25. The summed E-state index contributed by atoms with van der Waals surface area (Å²) in [7, 11) is 1.27. The van der Waals surface area contributed by atoms with Crippen LogP contribution in [0.1, 0.15) is 213 Å². The summed E-state index contributed by atoms with van der Waals surface area (Å²) in [4.78, 5) is 25.3. The number of carbonyl (C=O) groups excluding carboxylic acids is 1. The predicted molar refractivity (Wildman–Crippen MR) is 229 cm³/mol. The molecule has 54 heavy (non-hydrogen) atoms. The highest BCUT2D eigenvalue weighted by Crippen LogP contribution is 2.38. The number of aliphatic hydroxyl groups excluding tert-OH is 1. The van der Waals surface area contributed by atoms with Crippen LogP contribution in [-0.4, -0.2) is 68.5 Å². The minimum absolute atomic E-state index is 0.00105. The number of rotatable bonds is 41. The Balaban J connectivity index is 4.31. The topological polar surface area (TPSA) is 108 Å². The zero-order valence-electron chi connectivity index (χ0n) is 36.6. The Morgan fingerprint density at radius 1 is 0.704 bits per heavy atom. The quantitative estimate of drug-likeness (QED) is 0.0276. The molecule has 1 amide bonds. The van der Waals surface area contributed by atoms with Gasteiger partial charge in [-0.25, -0.2) is 0 Å². The Morgan fingerprint density at radius 2 is 1.15 bits per heavy atom. The van der Waals surface area contributed by atoms with E-state index in [-0.39, 0.29) is 19.1 Å². The van der Waals surface area contributed by atoms with Crippen LogP contribution in [0.5, 0.6) is 0 Å². The average Bonchev–Trinajstić information content (AvgIpc) is 3.12. The number of hydrogen-bond donors (Lipinski definition) is 2. The molecule has 0 aliphatic heterocycles. The van der Waals surface area contributed by atoms with Crippen molar-refractivity contribution in [3.8, 4) is 0 Å². The highest BCUT2D eigenvalue weighted by Gasteiger charge is 2.23. The van der Waals surface area contributed by atoms with Gasteiger partial charge in [0.1, 0.15) is 13.2 Å². The summed E-state index contributed by atoms with van der Waals surface area (Å²) >= 11 is 0. The van der Waals surface area contributed by atoms with Crippen molar-refractivity contribution in [1.82, 2.24) is 5.32 Å². The van der Waals surface area contributed by atoms with Crippen LogP contribution in [0.2, 0.25) is 0 Å². The Kier molecular flexibility index (Phi) is 36.1. The van der Waals surface area contributed by atoms with E-state index in [0.29, 0.717) is 17.4 Å². The molecule has 2 unspecified atom stereocenters. The molecule has 0 aliphatic carbocycles. The molecule has 0 aliphatic rings. The summed E-state index contributed by atoms with van der Waals surface area (Å²) in [5.74, 6) is 0.628.